The minimum atomic E-state index is -0.805. The van der Waals surface area contributed by atoms with Crippen molar-refractivity contribution in [2.75, 3.05) is 13.2 Å². The number of rotatable bonds is 4. The van der Waals surface area contributed by atoms with E-state index in [9.17, 15) is 14.4 Å². The van der Waals surface area contributed by atoms with Crippen LogP contribution in [-0.4, -0.2) is 52.9 Å². The molecule has 0 unspecified atom stereocenters. The van der Waals surface area contributed by atoms with E-state index in [0.717, 1.165) is 6.42 Å². The predicted molar refractivity (Wildman–Crippen MR) is 85.3 cm³/mol. The first kappa shape index (κ1) is 16.7. The first-order chi connectivity index (χ1) is 11.5. The minimum absolute atomic E-state index is 0.0389. The SMILES string of the molecule is Cc1nc(Cl)ccc1CC(=O)OC[C@@H]1NC(=O)[C@@H]2CCCN2C1=O. The summed E-state index contributed by atoms with van der Waals surface area (Å²) in [6.45, 7) is 2.18. The summed E-state index contributed by atoms with van der Waals surface area (Å²) in [7, 11) is 0. The normalized spacial score (nSPS) is 23.0. The van der Waals surface area contributed by atoms with Gasteiger partial charge >= 0.3 is 5.97 Å². The number of carbonyl (C=O) groups excluding carboxylic acids is 3. The quantitative estimate of drug-likeness (QED) is 0.634. The second kappa shape index (κ2) is 6.76. The summed E-state index contributed by atoms with van der Waals surface area (Å²) in [5.74, 6) is -0.840. The number of aryl methyl sites for hydroxylation is 1. The van der Waals surface area contributed by atoms with E-state index in [4.69, 9.17) is 16.3 Å². The third kappa shape index (κ3) is 3.36. The van der Waals surface area contributed by atoms with Crippen LogP contribution in [0.25, 0.3) is 0 Å². The lowest BCUT2D eigenvalue weighted by atomic mass is 10.1. The van der Waals surface area contributed by atoms with Crippen LogP contribution in [0.5, 0.6) is 0 Å². The van der Waals surface area contributed by atoms with Crippen molar-refractivity contribution in [2.24, 2.45) is 0 Å². The average molecular weight is 352 g/mol. The molecule has 8 heteroatoms. The number of carbonyl (C=O) groups is 3. The van der Waals surface area contributed by atoms with Crippen molar-refractivity contribution in [3.05, 3.63) is 28.5 Å². The molecule has 0 spiro atoms. The fourth-order valence-electron chi connectivity index (χ4n) is 3.07. The lowest BCUT2D eigenvalue weighted by Gasteiger charge is -2.34. The number of esters is 1. The molecule has 1 aromatic heterocycles. The molecule has 3 heterocycles. The molecule has 2 aliphatic heterocycles. The van der Waals surface area contributed by atoms with Gasteiger partial charge < -0.3 is 15.0 Å². The molecular formula is C16H18ClN3O4. The Hall–Kier alpha value is -2.15. The van der Waals surface area contributed by atoms with E-state index in [1.165, 1.54) is 0 Å². The maximum atomic E-state index is 12.3. The first-order valence-electron chi connectivity index (χ1n) is 7.84. The maximum Gasteiger partial charge on any atom is 0.310 e. The number of aromatic nitrogens is 1. The lowest BCUT2D eigenvalue weighted by molar-refractivity contribution is -0.153. The summed E-state index contributed by atoms with van der Waals surface area (Å²) in [4.78, 5) is 41.9. The molecule has 2 amide bonds. The number of fused-ring (bicyclic) bond motifs is 1. The molecule has 3 rings (SSSR count). The van der Waals surface area contributed by atoms with Gasteiger partial charge in [0.25, 0.3) is 0 Å². The predicted octanol–water partition coefficient (Wildman–Crippen LogP) is 0.619. The topological polar surface area (TPSA) is 88.6 Å². The Balaban J connectivity index is 1.56. The first-order valence-corrected chi connectivity index (χ1v) is 8.22. The number of halogens is 1. The highest BCUT2D eigenvalue weighted by atomic mass is 35.5. The molecule has 0 radical (unpaired) electrons. The molecule has 2 atom stereocenters. The Morgan fingerprint density at radius 3 is 3.00 bits per heavy atom. The standard InChI is InChI=1S/C16H18ClN3O4/c1-9-10(4-5-13(17)18-9)7-14(21)24-8-11-16(23)20-6-2-3-12(20)15(22)19-11/h4-5,11-12H,2-3,6-8H2,1H3,(H,19,22)/t11-,12-/m0/s1. The monoisotopic (exact) mass is 351 g/mol. The van der Waals surface area contributed by atoms with E-state index in [2.05, 4.69) is 10.3 Å². The number of piperazine rings is 1. The maximum absolute atomic E-state index is 12.3. The zero-order valence-electron chi connectivity index (χ0n) is 13.3. The fraction of sp³-hybridized carbons (Fsp3) is 0.500. The van der Waals surface area contributed by atoms with Crippen LogP contribution in [0, 0.1) is 6.92 Å². The number of ether oxygens (including phenoxy) is 1. The summed E-state index contributed by atoms with van der Waals surface area (Å²) in [6.07, 6.45) is 1.54. The number of hydrogen-bond donors (Lipinski definition) is 1. The van der Waals surface area contributed by atoms with Crippen LogP contribution in [0.2, 0.25) is 5.15 Å². The molecule has 1 N–H and O–H groups in total. The molecule has 7 nitrogen and oxygen atoms in total. The van der Waals surface area contributed by atoms with E-state index < -0.39 is 12.0 Å². The highest BCUT2D eigenvalue weighted by Gasteiger charge is 2.43. The van der Waals surface area contributed by atoms with E-state index in [-0.39, 0.29) is 30.9 Å². The van der Waals surface area contributed by atoms with Crippen LogP contribution >= 0.6 is 11.6 Å². The number of nitrogens with zero attached hydrogens (tertiary/aromatic N) is 2. The van der Waals surface area contributed by atoms with Gasteiger partial charge in [0, 0.05) is 12.2 Å². The Bertz CT molecular complexity index is 694. The Morgan fingerprint density at radius 1 is 1.46 bits per heavy atom. The molecule has 24 heavy (non-hydrogen) atoms. The van der Waals surface area contributed by atoms with Gasteiger partial charge in [0.2, 0.25) is 11.8 Å². The molecule has 0 aliphatic carbocycles. The highest BCUT2D eigenvalue weighted by Crippen LogP contribution is 2.22. The van der Waals surface area contributed by atoms with Gasteiger partial charge in [-0.05, 0) is 31.4 Å². The van der Waals surface area contributed by atoms with Crippen molar-refractivity contribution in [1.82, 2.24) is 15.2 Å². The molecule has 0 aromatic carbocycles. The van der Waals surface area contributed by atoms with Crippen molar-refractivity contribution in [3.63, 3.8) is 0 Å². The molecule has 2 aliphatic rings. The van der Waals surface area contributed by atoms with Crippen LogP contribution in [0.1, 0.15) is 24.1 Å². The lowest BCUT2D eigenvalue weighted by Crippen LogP contribution is -2.62. The van der Waals surface area contributed by atoms with Gasteiger partial charge in [0.1, 0.15) is 23.8 Å². The number of amides is 2. The summed E-state index contributed by atoms with van der Waals surface area (Å²) in [5, 5.41) is 3.00. The highest BCUT2D eigenvalue weighted by molar-refractivity contribution is 6.29. The van der Waals surface area contributed by atoms with E-state index in [1.54, 1.807) is 24.0 Å². The largest absolute Gasteiger partial charge is 0.463 e. The molecule has 0 saturated carbocycles. The Morgan fingerprint density at radius 2 is 2.25 bits per heavy atom. The van der Waals surface area contributed by atoms with Gasteiger partial charge in [-0.1, -0.05) is 17.7 Å². The van der Waals surface area contributed by atoms with Crippen LogP contribution in [-0.2, 0) is 25.5 Å². The Kier molecular flexibility index (Phi) is 4.71. The molecule has 1 aromatic rings. The summed E-state index contributed by atoms with van der Waals surface area (Å²) in [6, 6.07) is 2.15. The second-order valence-electron chi connectivity index (χ2n) is 5.99. The number of pyridine rings is 1. The fourth-order valence-corrected chi connectivity index (χ4v) is 3.26. The third-order valence-electron chi connectivity index (χ3n) is 4.36. The molecule has 0 bridgehead atoms. The van der Waals surface area contributed by atoms with Crippen molar-refractivity contribution in [1.29, 1.82) is 0 Å². The number of hydrogen-bond acceptors (Lipinski definition) is 5. The average Bonchev–Trinajstić information content (AvgIpc) is 3.03. The van der Waals surface area contributed by atoms with Gasteiger partial charge in [0.15, 0.2) is 0 Å². The zero-order chi connectivity index (χ0) is 17.3. The van der Waals surface area contributed by atoms with E-state index in [0.29, 0.717) is 29.4 Å². The molecular weight excluding hydrogens is 334 g/mol. The van der Waals surface area contributed by atoms with E-state index >= 15 is 0 Å². The summed E-state index contributed by atoms with van der Waals surface area (Å²) in [5.41, 5.74) is 1.37. The van der Waals surface area contributed by atoms with Gasteiger partial charge in [-0.15, -0.1) is 0 Å². The summed E-state index contributed by atoms with van der Waals surface area (Å²) >= 11 is 5.78. The van der Waals surface area contributed by atoms with Crippen LogP contribution < -0.4 is 5.32 Å². The zero-order valence-corrected chi connectivity index (χ0v) is 14.0. The Labute approximate surface area is 144 Å². The van der Waals surface area contributed by atoms with Gasteiger partial charge in [0.05, 0.1) is 6.42 Å². The van der Waals surface area contributed by atoms with Crippen LogP contribution in [0.3, 0.4) is 0 Å². The minimum Gasteiger partial charge on any atom is -0.463 e. The van der Waals surface area contributed by atoms with E-state index in [1.807, 2.05) is 0 Å². The van der Waals surface area contributed by atoms with Gasteiger partial charge in [-0.2, -0.15) is 0 Å². The van der Waals surface area contributed by atoms with Crippen LogP contribution in [0.15, 0.2) is 12.1 Å². The summed E-state index contributed by atoms with van der Waals surface area (Å²) < 4.78 is 5.18. The van der Waals surface area contributed by atoms with Gasteiger partial charge in [-0.25, -0.2) is 4.98 Å². The van der Waals surface area contributed by atoms with Crippen LogP contribution in [0.4, 0.5) is 0 Å². The molecule has 2 fully saturated rings. The molecule has 128 valence electrons. The van der Waals surface area contributed by atoms with Crippen molar-refractivity contribution < 1.29 is 19.1 Å². The second-order valence-corrected chi connectivity index (χ2v) is 6.38. The molecule has 2 saturated heterocycles. The number of nitrogens with one attached hydrogen (secondary N) is 1. The van der Waals surface area contributed by atoms with Crippen molar-refractivity contribution in [3.8, 4) is 0 Å². The third-order valence-corrected chi connectivity index (χ3v) is 4.57. The van der Waals surface area contributed by atoms with Crippen molar-refractivity contribution >= 4 is 29.4 Å². The smallest absolute Gasteiger partial charge is 0.310 e. The van der Waals surface area contributed by atoms with Gasteiger partial charge in [-0.3, -0.25) is 14.4 Å². The van der Waals surface area contributed by atoms with Crippen molar-refractivity contribution in [2.45, 2.75) is 38.3 Å².